The van der Waals surface area contributed by atoms with Crippen LogP contribution in [0.15, 0.2) is 54.7 Å². The Morgan fingerprint density at radius 3 is 2.56 bits per heavy atom. The minimum atomic E-state index is -0.568. The third-order valence-corrected chi connectivity index (χ3v) is 5.31. The molecule has 0 atom stereocenters. The number of nitrogens with zero attached hydrogens (tertiary/aromatic N) is 2. The smallest absolute Gasteiger partial charge is 0.250 e. The molecule has 0 fully saturated rings. The number of rotatable bonds is 7. The maximum atomic E-state index is 11.7. The monoisotopic (exact) mass is 461 g/mol. The maximum absolute atomic E-state index is 11.7. The highest BCUT2D eigenvalue weighted by Gasteiger charge is 2.12. The molecule has 0 radical (unpaired) electrons. The molecule has 0 aliphatic heterocycles. The van der Waals surface area contributed by atoms with Gasteiger partial charge in [0.2, 0.25) is 5.91 Å². The first-order valence-electron chi connectivity index (χ1n) is 11.2. The van der Waals surface area contributed by atoms with Crippen LogP contribution in [0.25, 0.3) is 21.7 Å². The number of hydrogen-bond donors (Lipinski definition) is 2. The number of nitrogens with one attached hydrogen (secondary N) is 1. The molecule has 2 aromatic heterocycles. The topological polar surface area (TPSA) is 93.6 Å². The number of ether oxygens (including phenoxy) is 2. The molecule has 2 aromatic carbocycles. The van der Waals surface area contributed by atoms with E-state index in [1.165, 1.54) is 0 Å². The number of aliphatic hydroxyl groups is 1. The van der Waals surface area contributed by atoms with Crippen molar-refractivity contribution in [3.8, 4) is 5.75 Å². The molecule has 0 aliphatic rings. The summed E-state index contributed by atoms with van der Waals surface area (Å²) >= 11 is 0. The number of carbonyl (C=O) groups excluding carboxylic acids is 1. The van der Waals surface area contributed by atoms with Gasteiger partial charge in [0.1, 0.15) is 12.4 Å². The molecule has 1 amide bonds. The number of methoxy groups -OCH3 is 2. The standard InChI is InChI=1S/C25H25N3O3.C2H6O/c1-3-5-22-21-13-19(31-2)10-11-20(21)17(14-26-22)12-18-9-8-16-6-4-7-23(25(16)27-18)28-24(30)15-29;1-3-2/h4,6-11,13-14,29H,3,5,12,15H2,1-2H3,(H,28,30);1-2H3. The molecular formula is C27H31N3O4. The van der Waals surface area contributed by atoms with Crippen molar-refractivity contribution in [2.45, 2.75) is 26.2 Å². The van der Waals surface area contributed by atoms with Crippen molar-refractivity contribution >= 4 is 33.3 Å². The summed E-state index contributed by atoms with van der Waals surface area (Å²) in [4.78, 5) is 21.2. The molecule has 7 heteroatoms. The number of aromatic nitrogens is 2. The first-order chi connectivity index (χ1) is 16.5. The molecule has 0 saturated carbocycles. The Morgan fingerprint density at radius 1 is 1.06 bits per heavy atom. The molecule has 0 unspecified atom stereocenters. The van der Waals surface area contributed by atoms with Gasteiger partial charge in [-0.2, -0.15) is 0 Å². The van der Waals surface area contributed by atoms with Crippen LogP contribution < -0.4 is 10.1 Å². The van der Waals surface area contributed by atoms with Crippen molar-refractivity contribution in [3.63, 3.8) is 0 Å². The number of pyridine rings is 2. The largest absolute Gasteiger partial charge is 0.497 e. The maximum Gasteiger partial charge on any atom is 0.250 e. The number of aryl methyl sites for hydroxylation is 1. The quantitative estimate of drug-likeness (QED) is 0.420. The lowest BCUT2D eigenvalue weighted by Crippen LogP contribution is -2.15. The SMILES string of the molecule is CCCc1ncc(Cc2ccc3cccc(NC(=O)CO)c3n2)c2ccc(OC)cc12.COC. The van der Waals surface area contributed by atoms with E-state index in [0.717, 1.165) is 51.7 Å². The van der Waals surface area contributed by atoms with E-state index in [4.69, 9.17) is 19.8 Å². The average molecular weight is 462 g/mol. The molecular weight excluding hydrogens is 430 g/mol. The molecule has 0 aliphatic carbocycles. The Hall–Kier alpha value is -3.55. The van der Waals surface area contributed by atoms with Crippen LogP contribution in [0, 0.1) is 0 Å². The third kappa shape index (κ3) is 5.87. The molecule has 34 heavy (non-hydrogen) atoms. The summed E-state index contributed by atoms with van der Waals surface area (Å²) < 4.78 is 9.67. The van der Waals surface area contributed by atoms with Gasteiger partial charge in [-0.1, -0.05) is 37.6 Å². The van der Waals surface area contributed by atoms with Crippen molar-refractivity contribution in [2.24, 2.45) is 0 Å². The Kier molecular flexibility index (Phi) is 8.90. The number of carbonyl (C=O) groups is 1. The Morgan fingerprint density at radius 2 is 1.85 bits per heavy atom. The first-order valence-corrected chi connectivity index (χ1v) is 11.2. The van der Waals surface area contributed by atoms with Gasteiger partial charge in [-0.3, -0.25) is 14.8 Å². The van der Waals surface area contributed by atoms with Gasteiger partial charge in [0.15, 0.2) is 0 Å². The molecule has 178 valence electrons. The van der Waals surface area contributed by atoms with E-state index in [-0.39, 0.29) is 0 Å². The average Bonchev–Trinajstić information content (AvgIpc) is 2.86. The van der Waals surface area contributed by atoms with Crippen molar-refractivity contribution in [3.05, 3.63) is 71.7 Å². The lowest BCUT2D eigenvalue weighted by molar-refractivity contribution is -0.118. The zero-order chi connectivity index (χ0) is 24.5. The van der Waals surface area contributed by atoms with Crippen LogP contribution in [-0.2, 0) is 22.4 Å². The molecule has 4 aromatic rings. The van der Waals surface area contributed by atoms with Crippen molar-refractivity contribution < 1.29 is 19.4 Å². The number of amides is 1. The van der Waals surface area contributed by atoms with Crippen LogP contribution in [0.5, 0.6) is 5.75 Å². The Labute approximate surface area is 199 Å². The third-order valence-electron chi connectivity index (χ3n) is 5.31. The second-order valence-electron chi connectivity index (χ2n) is 7.86. The first kappa shape index (κ1) is 25.1. The van der Waals surface area contributed by atoms with Crippen LogP contribution in [0.2, 0.25) is 0 Å². The van der Waals surface area contributed by atoms with Gasteiger partial charge >= 0.3 is 0 Å². The van der Waals surface area contributed by atoms with Crippen LogP contribution in [0.3, 0.4) is 0 Å². The zero-order valence-corrected chi connectivity index (χ0v) is 20.1. The summed E-state index contributed by atoms with van der Waals surface area (Å²) in [5.74, 6) is 0.354. The van der Waals surface area contributed by atoms with E-state index < -0.39 is 12.5 Å². The van der Waals surface area contributed by atoms with Gasteiger partial charge in [-0.05, 0) is 41.6 Å². The van der Waals surface area contributed by atoms with Crippen molar-refractivity contribution in [2.75, 3.05) is 33.3 Å². The van der Waals surface area contributed by atoms with Crippen LogP contribution in [0.1, 0.15) is 30.3 Å². The number of para-hydroxylation sites is 1. The van der Waals surface area contributed by atoms with Crippen molar-refractivity contribution in [1.29, 1.82) is 0 Å². The van der Waals surface area contributed by atoms with Gasteiger partial charge in [-0.15, -0.1) is 0 Å². The second-order valence-corrected chi connectivity index (χ2v) is 7.86. The highest BCUT2D eigenvalue weighted by molar-refractivity contribution is 6.00. The second kappa shape index (κ2) is 12.1. The fourth-order valence-electron chi connectivity index (χ4n) is 3.81. The molecule has 2 heterocycles. The molecule has 7 nitrogen and oxygen atoms in total. The fraction of sp³-hybridized carbons (Fsp3) is 0.296. The van der Waals surface area contributed by atoms with E-state index in [0.29, 0.717) is 17.6 Å². The number of hydrogen-bond acceptors (Lipinski definition) is 6. The van der Waals surface area contributed by atoms with E-state index in [1.807, 2.05) is 42.6 Å². The number of anilines is 1. The lowest BCUT2D eigenvalue weighted by Gasteiger charge is -2.12. The normalized spacial score (nSPS) is 10.6. The van der Waals surface area contributed by atoms with E-state index >= 15 is 0 Å². The molecule has 0 bridgehead atoms. The number of benzene rings is 2. The number of fused-ring (bicyclic) bond motifs is 2. The summed E-state index contributed by atoms with van der Waals surface area (Å²) in [6.45, 7) is 1.58. The van der Waals surface area contributed by atoms with E-state index in [2.05, 4.69) is 23.0 Å². The van der Waals surface area contributed by atoms with Crippen LogP contribution >= 0.6 is 0 Å². The predicted octanol–water partition coefficient (Wildman–Crippen LogP) is 4.53. The fourth-order valence-corrected chi connectivity index (χ4v) is 3.81. The number of aliphatic hydroxyl groups excluding tert-OH is 1. The highest BCUT2D eigenvalue weighted by atomic mass is 16.5. The lowest BCUT2D eigenvalue weighted by atomic mass is 9.99. The molecule has 0 spiro atoms. The molecule has 4 rings (SSSR count). The van der Waals surface area contributed by atoms with Gasteiger partial charge < -0.3 is 19.9 Å². The summed E-state index contributed by atoms with van der Waals surface area (Å²) in [5, 5.41) is 14.9. The molecule has 2 N–H and O–H groups in total. The van der Waals surface area contributed by atoms with E-state index in [9.17, 15) is 4.79 Å². The summed E-state index contributed by atoms with van der Waals surface area (Å²) in [6.07, 6.45) is 4.48. The van der Waals surface area contributed by atoms with Gasteiger partial charge in [0.25, 0.3) is 0 Å². The van der Waals surface area contributed by atoms with Gasteiger partial charge in [-0.25, -0.2) is 0 Å². The zero-order valence-electron chi connectivity index (χ0n) is 20.1. The minimum Gasteiger partial charge on any atom is -0.497 e. The summed E-state index contributed by atoms with van der Waals surface area (Å²) in [7, 11) is 4.92. The molecule has 0 saturated heterocycles. The van der Waals surface area contributed by atoms with Crippen LogP contribution in [0.4, 0.5) is 5.69 Å². The van der Waals surface area contributed by atoms with Crippen molar-refractivity contribution in [1.82, 2.24) is 9.97 Å². The highest BCUT2D eigenvalue weighted by Crippen LogP contribution is 2.29. The predicted molar refractivity (Wildman–Crippen MR) is 135 cm³/mol. The minimum absolute atomic E-state index is 0.463. The van der Waals surface area contributed by atoms with Crippen LogP contribution in [-0.4, -0.2) is 48.9 Å². The Balaban J connectivity index is 0.00000103. The van der Waals surface area contributed by atoms with Gasteiger partial charge in [0.05, 0.1) is 18.3 Å². The van der Waals surface area contributed by atoms with E-state index in [1.54, 1.807) is 27.4 Å². The Bertz CT molecular complexity index is 1270. The summed E-state index contributed by atoms with van der Waals surface area (Å²) in [6, 6.07) is 15.7. The van der Waals surface area contributed by atoms with Gasteiger partial charge in [0, 0.05) is 49.0 Å². The summed E-state index contributed by atoms with van der Waals surface area (Å²) in [5.41, 5.74) is 4.31.